The number of ether oxygens (including phenoxy) is 1. The van der Waals surface area contributed by atoms with Gasteiger partial charge in [0.25, 0.3) is 0 Å². The summed E-state index contributed by atoms with van der Waals surface area (Å²) < 4.78 is 6.87. The van der Waals surface area contributed by atoms with Crippen molar-refractivity contribution in [3.63, 3.8) is 0 Å². The molecule has 2 nitrogen and oxygen atoms in total. The first-order valence-electron chi connectivity index (χ1n) is 6.87. The fourth-order valence-corrected chi connectivity index (χ4v) is 2.96. The van der Waals surface area contributed by atoms with E-state index in [0.29, 0.717) is 6.42 Å². The maximum Gasteiger partial charge on any atom is 0.0855 e. The second kappa shape index (κ2) is 6.08. The average Bonchev–Trinajstić information content (AvgIpc) is 2.48. The summed E-state index contributed by atoms with van der Waals surface area (Å²) in [5.74, 6) is 0. The Morgan fingerprint density at radius 2 is 1.90 bits per heavy atom. The van der Waals surface area contributed by atoms with Gasteiger partial charge in [0.1, 0.15) is 0 Å². The summed E-state index contributed by atoms with van der Waals surface area (Å²) >= 11 is 3.41. The van der Waals surface area contributed by atoms with Gasteiger partial charge in [0, 0.05) is 10.9 Å². The van der Waals surface area contributed by atoms with E-state index in [0.717, 1.165) is 23.1 Å². The van der Waals surface area contributed by atoms with E-state index in [1.54, 1.807) is 0 Å². The molecule has 3 heteroatoms. The van der Waals surface area contributed by atoms with Gasteiger partial charge in [-0.2, -0.15) is 0 Å². The molecule has 1 heterocycles. The molecule has 2 unspecified atom stereocenters. The monoisotopic (exact) mass is 332 g/mol. The summed E-state index contributed by atoms with van der Waals surface area (Å²) in [6.45, 7) is 0.731. The summed E-state index contributed by atoms with van der Waals surface area (Å²) in [5.41, 5.74) is 3.49. The Bertz CT molecular complexity index is 580. The number of fused-ring (bicyclic) bond motifs is 1. The zero-order valence-corrected chi connectivity index (χ0v) is 12.7. The zero-order valence-electron chi connectivity index (χ0n) is 11.1. The van der Waals surface area contributed by atoms with Gasteiger partial charge in [-0.15, -0.1) is 0 Å². The minimum Gasteiger partial charge on any atom is -0.388 e. The molecule has 3 rings (SSSR count). The van der Waals surface area contributed by atoms with E-state index in [9.17, 15) is 5.11 Å². The third-order valence-electron chi connectivity index (χ3n) is 3.78. The molecule has 2 aromatic carbocycles. The molecule has 0 aromatic heterocycles. The Morgan fingerprint density at radius 3 is 2.70 bits per heavy atom. The van der Waals surface area contributed by atoms with Crippen LogP contribution in [0.25, 0.3) is 0 Å². The molecule has 2 atom stereocenters. The molecule has 20 heavy (non-hydrogen) atoms. The maximum atomic E-state index is 10.4. The van der Waals surface area contributed by atoms with Crippen molar-refractivity contribution >= 4 is 15.9 Å². The topological polar surface area (TPSA) is 29.5 Å². The first-order valence-corrected chi connectivity index (χ1v) is 7.66. The van der Waals surface area contributed by atoms with E-state index in [4.69, 9.17) is 4.74 Å². The molecule has 0 fully saturated rings. The Kier molecular flexibility index (Phi) is 4.20. The van der Waals surface area contributed by atoms with Crippen LogP contribution >= 0.6 is 15.9 Å². The number of hydrogen-bond acceptors (Lipinski definition) is 2. The predicted molar refractivity (Wildman–Crippen MR) is 82.6 cm³/mol. The van der Waals surface area contributed by atoms with Crippen molar-refractivity contribution in [2.45, 2.75) is 25.0 Å². The van der Waals surface area contributed by atoms with Crippen molar-refractivity contribution in [3.8, 4) is 0 Å². The SMILES string of the molecule is OC(CC1OCCc2ccccc21)c1ccc(Br)cc1. The first-order chi connectivity index (χ1) is 9.74. The quantitative estimate of drug-likeness (QED) is 0.913. The van der Waals surface area contributed by atoms with Crippen LogP contribution in [0.2, 0.25) is 0 Å². The van der Waals surface area contributed by atoms with Crippen LogP contribution in [0.4, 0.5) is 0 Å². The van der Waals surface area contributed by atoms with Crippen molar-refractivity contribution < 1.29 is 9.84 Å². The summed E-state index contributed by atoms with van der Waals surface area (Å²) in [4.78, 5) is 0. The molecule has 2 aromatic rings. The molecule has 1 N–H and O–H groups in total. The van der Waals surface area contributed by atoms with Crippen molar-refractivity contribution in [3.05, 3.63) is 69.7 Å². The molecule has 0 saturated carbocycles. The van der Waals surface area contributed by atoms with E-state index in [1.807, 2.05) is 30.3 Å². The Hall–Kier alpha value is -1.16. The van der Waals surface area contributed by atoms with Crippen LogP contribution in [0.1, 0.15) is 35.3 Å². The minimum absolute atomic E-state index is 0.0152. The third kappa shape index (κ3) is 2.95. The highest BCUT2D eigenvalue weighted by Crippen LogP contribution is 2.34. The molecular weight excluding hydrogens is 316 g/mol. The predicted octanol–water partition coefficient (Wildman–Crippen LogP) is 4.19. The smallest absolute Gasteiger partial charge is 0.0855 e. The third-order valence-corrected chi connectivity index (χ3v) is 4.31. The van der Waals surface area contributed by atoms with Gasteiger partial charge >= 0.3 is 0 Å². The lowest BCUT2D eigenvalue weighted by Gasteiger charge is -2.27. The van der Waals surface area contributed by atoms with Gasteiger partial charge < -0.3 is 9.84 Å². The summed E-state index contributed by atoms with van der Waals surface area (Å²) in [6, 6.07) is 16.2. The number of halogens is 1. The highest BCUT2D eigenvalue weighted by molar-refractivity contribution is 9.10. The molecule has 104 valence electrons. The van der Waals surface area contributed by atoms with Crippen LogP contribution in [0.3, 0.4) is 0 Å². The van der Waals surface area contributed by atoms with Crippen LogP contribution < -0.4 is 0 Å². The number of benzene rings is 2. The Morgan fingerprint density at radius 1 is 1.15 bits per heavy atom. The summed E-state index contributed by atoms with van der Waals surface area (Å²) in [7, 11) is 0. The molecule has 0 spiro atoms. The Labute approximate surface area is 127 Å². The van der Waals surface area contributed by atoms with Crippen molar-refractivity contribution in [2.75, 3.05) is 6.61 Å². The van der Waals surface area contributed by atoms with Crippen molar-refractivity contribution in [2.24, 2.45) is 0 Å². The van der Waals surface area contributed by atoms with Crippen molar-refractivity contribution in [1.82, 2.24) is 0 Å². The number of aliphatic hydroxyl groups excluding tert-OH is 1. The van der Waals surface area contributed by atoms with Gasteiger partial charge in [-0.25, -0.2) is 0 Å². The normalized spacial score (nSPS) is 19.4. The second-order valence-electron chi connectivity index (χ2n) is 5.11. The number of rotatable bonds is 3. The van der Waals surface area contributed by atoms with Gasteiger partial charge in [0.05, 0.1) is 18.8 Å². The lowest BCUT2D eigenvalue weighted by Crippen LogP contribution is -2.18. The fraction of sp³-hybridized carbons (Fsp3) is 0.294. The molecule has 1 aliphatic rings. The highest BCUT2D eigenvalue weighted by atomic mass is 79.9. The fourth-order valence-electron chi connectivity index (χ4n) is 2.70. The molecule has 0 radical (unpaired) electrons. The first kappa shape index (κ1) is 13.8. The van der Waals surface area contributed by atoms with Crippen LogP contribution in [0, 0.1) is 0 Å². The highest BCUT2D eigenvalue weighted by Gasteiger charge is 2.23. The Balaban J connectivity index is 1.77. The van der Waals surface area contributed by atoms with E-state index in [-0.39, 0.29) is 6.10 Å². The van der Waals surface area contributed by atoms with Gasteiger partial charge in [0.15, 0.2) is 0 Å². The van der Waals surface area contributed by atoms with E-state index in [2.05, 4.69) is 34.1 Å². The van der Waals surface area contributed by atoms with Crippen LogP contribution in [-0.4, -0.2) is 11.7 Å². The van der Waals surface area contributed by atoms with Gasteiger partial charge in [-0.05, 0) is 35.2 Å². The minimum atomic E-state index is -0.501. The standard InChI is InChI=1S/C17H17BrO2/c18-14-7-5-13(6-8-14)16(19)11-17-15-4-2-1-3-12(15)9-10-20-17/h1-8,16-17,19H,9-11H2. The molecule has 0 saturated heterocycles. The average molecular weight is 333 g/mol. The zero-order chi connectivity index (χ0) is 13.9. The van der Waals surface area contributed by atoms with Crippen LogP contribution in [-0.2, 0) is 11.2 Å². The molecule has 0 bridgehead atoms. The lowest BCUT2D eigenvalue weighted by molar-refractivity contribution is 0.00377. The second-order valence-corrected chi connectivity index (χ2v) is 6.03. The van der Waals surface area contributed by atoms with Gasteiger partial charge in [0.2, 0.25) is 0 Å². The molecule has 1 aliphatic heterocycles. The van der Waals surface area contributed by atoms with E-state index < -0.39 is 6.10 Å². The van der Waals surface area contributed by atoms with E-state index >= 15 is 0 Å². The molecular formula is C17H17BrO2. The van der Waals surface area contributed by atoms with Crippen LogP contribution in [0.15, 0.2) is 53.0 Å². The van der Waals surface area contributed by atoms with Gasteiger partial charge in [-0.1, -0.05) is 52.3 Å². The van der Waals surface area contributed by atoms with Crippen LogP contribution in [0.5, 0.6) is 0 Å². The largest absolute Gasteiger partial charge is 0.388 e. The maximum absolute atomic E-state index is 10.4. The number of hydrogen-bond donors (Lipinski definition) is 1. The molecule has 0 aliphatic carbocycles. The molecule has 0 amide bonds. The van der Waals surface area contributed by atoms with Crippen molar-refractivity contribution in [1.29, 1.82) is 0 Å². The van der Waals surface area contributed by atoms with Gasteiger partial charge in [-0.3, -0.25) is 0 Å². The van der Waals surface area contributed by atoms with E-state index in [1.165, 1.54) is 11.1 Å². The number of aliphatic hydroxyl groups is 1. The summed E-state index contributed by atoms with van der Waals surface area (Å²) in [6.07, 6.45) is 1.04. The summed E-state index contributed by atoms with van der Waals surface area (Å²) in [5, 5.41) is 10.4. The lowest BCUT2D eigenvalue weighted by atomic mass is 9.92.